The van der Waals surface area contributed by atoms with Crippen LogP contribution in [0.15, 0.2) is 53.4 Å². The summed E-state index contributed by atoms with van der Waals surface area (Å²) in [4.78, 5) is 27.3. The molecule has 2 amide bonds. The number of benzene rings is 2. The molecule has 1 atom stereocenters. The van der Waals surface area contributed by atoms with Gasteiger partial charge in [0.25, 0.3) is 0 Å². The van der Waals surface area contributed by atoms with Gasteiger partial charge in [-0.2, -0.15) is 0 Å². The van der Waals surface area contributed by atoms with Crippen LogP contribution in [0.3, 0.4) is 0 Å². The molecular weight excluding hydrogens is 387 g/mol. The van der Waals surface area contributed by atoms with Crippen molar-refractivity contribution in [3.8, 4) is 0 Å². The third-order valence-corrected chi connectivity index (χ3v) is 5.26. The molecule has 0 bridgehead atoms. The Balaban J connectivity index is 1.86. The minimum Gasteiger partial charge on any atom is -0.350 e. The van der Waals surface area contributed by atoms with Crippen molar-refractivity contribution in [1.29, 1.82) is 0 Å². The van der Waals surface area contributed by atoms with E-state index in [-0.39, 0.29) is 29.4 Å². The molecular formula is C20H22ClFN2O2S. The first-order valence-corrected chi connectivity index (χ1v) is 9.87. The molecule has 0 saturated heterocycles. The van der Waals surface area contributed by atoms with Crippen LogP contribution in [0.25, 0.3) is 0 Å². The molecule has 2 rings (SSSR count). The fourth-order valence-corrected chi connectivity index (χ4v) is 3.48. The summed E-state index contributed by atoms with van der Waals surface area (Å²) < 4.78 is 12.9. The monoisotopic (exact) mass is 408 g/mol. The zero-order valence-electron chi connectivity index (χ0n) is 15.2. The van der Waals surface area contributed by atoms with Crippen molar-refractivity contribution < 1.29 is 14.0 Å². The number of likely N-dealkylation sites (N-methyl/N-ethyl adjacent to an activating group) is 1. The van der Waals surface area contributed by atoms with Crippen molar-refractivity contribution in [3.05, 3.63) is 64.9 Å². The molecule has 4 nitrogen and oxygen atoms in total. The first-order valence-electron chi connectivity index (χ1n) is 8.61. The van der Waals surface area contributed by atoms with E-state index < -0.39 is 0 Å². The van der Waals surface area contributed by atoms with E-state index in [1.54, 1.807) is 24.3 Å². The standard InChI is InChI=1S/C20H22ClFN2O2S/c1-3-24(13-19(25)23-12-15-4-8-17(22)9-5-15)20(26)14(2)27-18-10-6-16(21)7-11-18/h4-11,14H,3,12-13H2,1-2H3,(H,23,25). The lowest BCUT2D eigenvalue weighted by atomic mass is 10.2. The number of carbonyl (C=O) groups excluding carboxylic acids is 2. The first-order chi connectivity index (χ1) is 12.9. The van der Waals surface area contributed by atoms with Crippen LogP contribution < -0.4 is 5.32 Å². The van der Waals surface area contributed by atoms with E-state index in [2.05, 4.69) is 5.32 Å². The second-order valence-electron chi connectivity index (χ2n) is 5.97. The van der Waals surface area contributed by atoms with E-state index in [0.29, 0.717) is 18.1 Å². The largest absolute Gasteiger partial charge is 0.350 e. The smallest absolute Gasteiger partial charge is 0.239 e. The van der Waals surface area contributed by atoms with Crippen molar-refractivity contribution >= 4 is 35.2 Å². The van der Waals surface area contributed by atoms with Gasteiger partial charge in [-0.25, -0.2) is 4.39 Å². The minimum atomic E-state index is -0.323. The van der Waals surface area contributed by atoms with Gasteiger partial charge in [0.15, 0.2) is 0 Å². The summed E-state index contributed by atoms with van der Waals surface area (Å²) >= 11 is 7.30. The predicted octanol–water partition coefficient (Wildman–Crippen LogP) is 4.12. The summed E-state index contributed by atoms with van der Waals surface area (Å²) in [5.41, 5.74) is 0.797. The third kappa shape index (κ3) is 6.88. The van der Waals surface area contributed by atoms with Gasteiger partial charge in [0.2, 0.25) is 11.8 Å². The summed E-state index contributed by atoms with van der Waals surface area (Å²) in [5, 5.41) is 3.08. The quantitative estimate of drug-likeness (QED) is 0.668. The Morgan fingerprint density at radius 1 is 1.15 bits per heavy atom. The van der Waals surface area contributed by atoms with Crippen LogP contribution in [-0.2, 0) is 16.1 Å². The lowest BCUT2D eigenvalue weighted by Gasteiger charge is -2.23. The molecule has 0 spiro atoms. The zero-order chi connectivity index (χ0) is 19.8. The summed E-state index contributed by atoms with van der Waals surface area (Å²) in [7, 11) is 0. The molecule has 1 N–H and O–H groups in total. The molecule has 0 radical (unpaired) electrons. The van der Waals surface area contributed by atoms with Crippen molar-refractivity contribution in [2.24, 2.45) is 0 Å². The van der Waals surface area contributed by atoms with Gasteiger partial charge in [-0.3, -0.25) is 9.59 Å². The van der Waals surface area contributed by atoms with E-state index in [4.69, 9.17) is 11.6 Å². The Labute approximate surface area is 168 Å². The Morgan fingerprint density at radius 3 is 2.37 bits per heavy atom. The highest BCUT2D eigenvalue weighted by Crippen LogP contribution is 2.25. The molecule has 2 aromatic carbocycles. The highest BCUT2D eigenvalue weighted by Gasteiger charge is 2.22. The maximum Gasteiger partial charge on any atom is 0.239 e. The van der Waals surface area contributed by atoms with Gasteiger partial charge in [-0.1, -0.05) is 23.7 Å². The van der Waals surface area contributed by atoms with Gasteiger partial charge in [-0.05, 0) is 55.8 Å². The average Bonchev–Trinajstić information content (AvgIpc) is 2.66. The van der Waals surface area contributed by atoms with Gasteiger partial charge < -0.3 is 10.2 Å². The molecule has 0 aliphatic carbocycles. The molecule has 0 fully saturated rings. The molecule has 0 heterocycles. The van der Waals surface area contributed by atoms with E-state index in [9.17, 15) is 14.0 Å². The van der Waals surface area contributed by atoms with Gasteiger partial charge in [0.05, 0.1) is 11.8 Å². The number of halogens is 2. The minimum absolute atomic E-state index is 0.0119. The molecule has 7 heteroatoms. The maximum absolute atomic E-state index is 12.9. The first kappa shape index (κ1) is 21.3. The van der Waals surface area contributed by atoms with Gasteiger partial charge in [0.1, 0.15) is 5.82 Å². The van der Waals surface area contributed by atoms with Gasteiger partial charge in [-0.15, -0.1) is 11.8 Å². The van der Waals surface area contributed by atoms with Crippen LogP contribution in [0.2, 0.25) is 5.02 Å². The number of carbonyl (C=O) groups is 2. The van der Waals surface area contributed by atoms with Crippen molar-refractivity contribution in [2.45, 2.75) is 30.5 Å². The third-order valence-electron chi connectivity index (χ3n) is 3.91. The number of thioether (sulfide) groups is 1. The topological polar surface area (TPSA) is 49.4 Å². The molecule has 2 aromatic rings. The number of nitrogens with zero attached hydrogens (tertiary/aromatic N) is 1. The van der Waals surface area contributed by atoms with Crippen molar-refractivity contribution in [2.75, 3.05) is 13.1 Å². The van der Waals surface area contributed by atoms with E-state index in [1.807, 2.05) is 26.0 Å². The fourth-order valence-electron chi connectivity index (χ4n) is 2.40. The molecule has 0 aliphatic heterocycles. The normalized spacial score (nSPS) is 11.7. The Hall–Kier alpha value is -2.05. The molecule has 144 valence electrons. The van der Waals surface area contributed by atoms with Gasteiger partial charge >= 0.3 is 0 Å². The van der Waals surface area contributed by atoms with Crippen LogP contribution in [0.4, 0.5) is 4.39 Å². The lowest BCUT2D eigenvalue weighted by molar-refractivity contribution is -0.135. The Morgan fingerprint density at radius 2 is 1.78 bits per heavy atom. The Bertz CT molecular complexity index is 769. The Kier molecular flexibility index (Phi) is 8.13. The highest BCUT2D eigenvalue weighted by atomic mass is 35.5. The molecule has 1 unspecified atom stereocenters. The highest BCUT2D eigenvalue weighted by molar-refractivity contribution is 8.00. The molecule has 27 heavy (non-hydrogen) atoms. The summed E-state index contributed by atoms with van der Waals surface area (Å²) in [5.74, 6) is -0.674. The van der Waals surface area contributed by atoms with Crippen LogP contribution in [-0.4, -0.2) is 35.1 Å². The van der Waals surface area contributed by atoms with E-state index >= 15 is 0 Å². The number of hydrogen-bond donors (Lipinski definition) is 1. The number of nitrogens with one attached hydrogen (secondary N) is 1. The summed E-state index contributed by atoms with van der Waals surface area (Å²) in [6, 6.07) is 13.2. The molecule has 0 aromatic heterocycles. The number of amides is 2. The number of hydrogen-bond acceptors (Lipinski definition) is 3. The summed E-state index contributed by atoms with van der Waals surface area (Å²) in [6.45, 7) is 4.38. The maximum atomic E-state index is 12.9. The fraction of sp³-hybridized carbons (Fsp3) is 0.300. The predicted molar refractivity (Wildman–Crippen MR) is 107 cm³/mol. The van der Waals surface area contributed by atoms with Crippen LogP contribution in [0, 0.1) is 5.82 Å². The molecule has 0 aliphatic rings. The van der Waals surface area contributed by atoms with Crippen LogP contribution >= 0.6 is 23.4 Å². The molecule has 0 saturated carbocycles. The van der Waals surface area contributed by atoms with Crippen LogP contribution in [0.1, 0.15) is 19.4 Å². The second kappa shape index (κ2) is 10.3. The lowest BCUT2D eigenvalue weighted by Crippen LogP contribution is -2.43. The van der Waals surface area contributed by atoms with Gasteiger partial charge in [0, 0.05) is 23.0 Å². The van der Waals surface area contributed by atoms with Crippen molar-refractivity contribution in [3.63, 3.8) is 0 Å². The SMILES string of the molecule is CCN(CC(=O)NCc1ccc(F)cc1)C(=O)C(C)Sc1ccc(Cl)cc1. The van der Waals surface area contributed by atoms with Crippen LogP contribution in [0.5, 0.6) is 0 Å². The van der Waals surface area contributed by atoms with Crippen molar-refractivity contribution in [1.82, 2.24) is 10.2 Å². The number of rotatable bonds is 8. The van der Waals surface area contributed by atoms with E-state index in [0.717, 1.165) is 10.5 Å². The average molecular weight is 409 g/mol. The second-order valence-corrected chi connectivity index (χ2v) is 7.82. The summed E-state index contributed by atoms with van der Waals surface area (Å²) in [6.07, 6.45) is 0. The van der Waals surface area contributed by atoms with E-state index in [1.165, 1.54) is 28.8 Å². The zero-order valence-corrected chi connectivity index (χ0v) is 16.8.